The Morgan fingerprint density at radius 3 is 2.35 bits per heavy atom. The van der Waals surface area contributed by atoms with E-state index in [-0.39, 0.29) is 30.6 Å². The van der Waals surface area contributed by atoms with Crippen molar-refractivity contribution in [3.05, 3.63) is 54.1 Å². The molecule has 2 aromatic rings. The second kappa shape index (κ2) is 12.8. The second-order valence-corrected chi connectivity index (χ2v) is 17.0. The molecule has 2 unspecified atom stereocenters. The average Bonchev–Trinajstić information content (AvgIpc) is 2.94. The lowest BCUT2D eigenvalue weighted by Crippen LogP contribution is -2.54. The summed E-state index contributed by atoms with van der Waals surface area (Å²) in [6.07, 6.45) is -0.0998. The number of anilines is 1. The minimum Gasteiger partial charge on any atom is -0.356 e. The van der Waals surface area contributed by atoms with Crippen LogP contribution in [-0.2, 0) is 19.1 Å². The van der Waals surface area contributed by atoms with E-state index in [1.807, 2.05) is 55.5 Å². The third kappa shape index (κ3) is 7.74. The highest BCUT2D eigenvalue weighted by atomic mass is 28.3. The third-order valence-electron chi connectivity index (χ3n) is 6.80. The van der Waals surface area contributed by atoms with Crippen molar-refractivity contribution >= 4 is 25.6 Å². The maximum Gasteiger partial charge on any atom is 0.255 e. The molecule has 0 saturated carbocycles. The molecule has 0 bridgehead atoms. The Morgan fingerprint density at radius 1 is 1.03 bits per heavy atom. The third-order valence-corrected chi connectivity index (χ3v) is 8.50. The van der Waals surface area contributed by atoms with Gasteiger partial charge in [-0.2, -0.15) is 0 Å². The van der Waals surface area contributed by atoms with E-state index in [1.165, 1.54) is 5.01 Å². The average molecular weight is 526 g/mol. The molecule has 1 aliphatic heterocycles. The van der Waals surface area contributed by atoms with Gasteiger partial charge in [0, 0.05) is 26.8 Å². The molecular weight excluding hydrogens is 482 g/mol. The number of fused-ring (bicyclic) bond motifs is 3. The summed E-state index contributed by atoms with van der Waals surface area (Å²) in [4.78, 5) is 26.7. The van der Waals surface area contributed by atoms with Crippen molar-refractivity contribution in [1.29, 1.82) is 0 Å². The van der Waals surface area contributed by atoms with E-state index in [0.717, 1.165) is 22.7 Å². The quantitative estimate of drug-likeness (QED) is 0.227. The van der Waals surface area contributed by atoms with Gasteiger partial charge in [0.1, 0.15) is 6.79 Å². The number of nitrogens with one attached hydrogen (secondary N) is 2. The molecule has 202 valence electrons. The number of hydrogen-bond donors (Lipinski definition) is 2. The molecule has 37 heavy (non-hydrogen) atoms. The number of hydrogen-bond acceptors (Lipinski definition) is 5. The first-order valence-electron chi connectivity index (χ1n) is 13.2. The number of amides is 2. The van der Waals surface area contributed by atoms with Crippen molar-refractivity contribution in [3.8, 4) is 11.1 Å². The number of para-hydroxylation sites is 1. The Labute approximate surface area is 222 Å². The second-order valence-electron chi connectivity index (χ2n) is 11.4. The first-order valence-corrected chi connectivity index (χ1v) is 17.0. The summed E-state index contributed by atoms with van der Waals surface area (Å²) in [5, 5.41) is 4.68. The van der Waals surface area contributed by atoms with Crippen LogP contribution in [0.2, 0.25) is 25.7 Å². The number of rotatable bonds is 12. The molecule has 0 aliphatic carbocycles. The van der Waals surface area contributed by atoms with Gasteiger partial charge in [0.05, 0.1) is 23.8 Å². The molecule has 8 heteroatoms. The number of hydrazine groups is 1. The maximum atomic E-state index is 13.5. The van der Waals surface area contributed by atoms with Gasteiger partial charge in [-0.1, -0.05) is 76.0 Å². The monoisotopic (exact) mass is 525 g/mol. The maximum absolute atomic E-state index is 13.5. The molecule has 0 spiro atoms. The highest BCUT2D eigenvalue weighted by molar-refractivity contribution is 6.76. The van der Waals surface area contributed by atoms with Gasteiger partial charge in [-0.25, -0.2) is 5.01 Å². The summed E-state index contributed by atoms with van der Waals surface area (Å²) < 4.78 is 11.7. The fourth-order valence-corrected chi connectivity index (χ4v) is 4.99. The van der Waals surface area contributed by atoms with E-state index in [1.54, 1.807) is 6.92 Å². The Hall–Kier alpha value is -2.52. The van der Waals surface area contributed by atoms with Crippen LogP contribution in [0, 0.1) is 5.92 Å². The van der Waals surface area contributed by atoms with Gasteiger partial charge < -0.3 is 14.8 Å². The van der Waals surface area contributed by atoms with E-state index in [0.29, 0.717) is 18.8 Å². The zero-order chi connectivity index (χ0) is 27.2. The first kappa shape index (κ1) is 29.0. The minimum absolute atomic E-state index is 0.0998. The highest BCUT2D eigenvalue weighted by Gasteiger charge is 2.33. The van der Waals surface area contributed by atoms with E-state index in [4.69, 9.17) is 9.47 Å². The van der Waals surface area contributed by atoms with Crippen LogP contribution < -0.4 is 15.8 Å². The molecule has 1 heterocycles. The van der Waals surface area contributed by atoms with Crippen LogP contribution in [0.3, 0.4) is 0 Å². The minimum atomic E-state index is -1.14. The van der Waals surface area contributed by atoms with Crippen LogP contribution in [0.4, 0.5) is 5.69 Å². The molecule has 7 nitrogen and oxygen atoms in total. The molecule has 3 atom stereocenters. The summed E-state index contributed by atoms with van der Waals surface area (Å²) in [5.41, 5.74) is 6.42. The van der Waals surface area contributed by atoms with Crippen molar-refractivity contribution in [2.75, 3.05) is 25.0 Å². The van der Waals surface area contributed by atoms with Gasteiger partial charge >= 0.3 is 0 Å². The number of ether oxygens (including phenoxy) is 2. The highest BCUT2D eigenvalue weighted by Crippen LogP contribution is 2.39. The van der Waals surface area contributed by atoms with Crippen LogP contribution >= 0.6 is 0 Å². The van der Waals surface area contributed by atoms with Crippen LogP contribution in [0.25, 0.3) is 11.1 Å². The molecular formula is C29H43N3O4Si. The molecule has 0 aromatic heterocycles. The van der Waals surface area contributed by atoms with Gasteiger partial charge in [0.15, 0.2) is 0 Å². The fraction of sp³-hybridized carbons (Fsp3) is 0.517. The van der Waals surface area contributed by atoms with Crippen molar-refractivity contribution in [3.63, 3.8) is 0 Å². The van der Waals surface area contributed by atoms with E-state index < -0.39 is 20.0 Å². The lowest BCUT2D eigenvalue weighted by molar-refractivity contribution is -0.128. The number of benzene rings is 2. The van der Waals surface area contributed by atoms with Crippen molar-refractivity contribution < 1.29 is 19.1 Å². The van der Waals surface area contributed by atoms with Gasteiger partial charge in [-0.05, 0) is 43.0 Å². The summed E-state index contributed by atoms with van der Waals surface area (Å²) in [5.74, 6) is -0.597. The molecule has 2 aromatic carbocycles. The Kier molecular flexibility index (Phi) is 10.1. The normalized spacial score (nSPS) is 17.1. The van der Waals surface area contributed by atoms with Crippen molar-refractivity contribution in [2.24, 2.45) is 5.92 Å². The van der Waals surface area contributed by atoms with E-state index in [2.05, 4.69) is 44.2 Å². The largest absolute Gasteiger partial charge is 0.356 e. The molecule has 1 aliphatic rings. The predicted molar refractivity (Wildman–Crippen MR) is 152 cm³/mol. The molecule has 2 amide bonds. The lowest BCUT2D eigenvalue weighted by Gasteiger charge is -2.28. The van der Waals surface area contributed by atoms with E-state index >= 15 is 0 Å². The first-order chi connectivity index (χ1) is 17.5. The Morgan fingerprint density at radius 2 is 1.68 bits per heavy atom. The number of nitrogens with zero attached hydrogens (tertiary/aromatic N) is 1. The SMILES string of the molecule is CC1C(=O)N(NC(=O)[C@H](C)NCC(OCOCC[Si](C)(C)C)C(C)C)c2ccccc2-c2ccccc21. The molecule has 0 fully saturated rings. The standard InChI is InChI=1S/C29H43N3O4Si/c1-20(2)27(36-19-35-16-17-37(5,6)7)18-30-22(4)28(33)31-32-26-15-11-10-14-25(26)24-13-9-8-12-23(24)21(3)29(32)34/h8-15,20-22,27,30H,16-19H2,1-7H3,(H,31,33)/t21?,22-,27?/m0/s1. The molecule has 3 rings (SSSR count). The zero-order valence-electron chi connectivity index (χ0n) is 23.3. The summed E-state index contributed by atoms with van der Waals surface area (Å²) in [6.45, 7) is 16.3. The van der Waals surface area contributed by atoms with Crippen LogP contribution in [-0.4, -0.2) is 52.0 Å². The summed E-state index contributed by atoms with van der Waals surface area (Å²) in [7, 11) is -1.14. The van der Waals surface area contributed by atoms with Gasteiger partial charge in [-0.15, -0.1) is 0 Å². The lowest BCUT2D eigenvalue weighted by atomic mass is 9.92. The van der Waals surface area contributed by atoms with Crippen LogP contribution in [0.1, 0.15) is 39.2 Å². The Balaban J connectivity index is 1.62. The topological polar surface area (TPSA) is 79.9 Å². The van der Waals surface area contributed by atoms with Gasteiger partial charge in [0.25, 0.3) is 11.8 Å². The molecule has 0 saturated heterocycles. The Bertz CT molecular complexity index is 1070. The van der Waals surface area contributed by atoms with Crippen LogP contribution in [0.15, 0.2) is 48.5 Å². The number of carbonyl (C=O) groups is 2. The summed E-state index contributed by atoms with van der Waals surface area (Å²) in [6, 6.07) is 16.1. The predicted octanol–water partition coefficient (Wildman–Crippen LogP) is 5.17. The van der Waals surface area contributed by atoms with E-state index in [9.17, 15) is 9.59 Å². The fourth-order valence-electron chi connectivity index (χ4n) is 4.23. The van der Waals surface area contributed by atoms with Crippen LogP contribution in [0.5, 0.6) is 0 Å². The van der Waals surface area contributed by atoms with Crippen molar-refractivity contribution in [1.82, 2.24) is 10.7 Å². The zero-order valence-corrected chi connectivity index (χ0v) is 24.3. The smallest absolute Gasteiger partial charge is 0.255 e. The summed E-state index contributed by atoms with van der Waals surface area (Å²) >= 11 is 0. The van der Waals surface area contributed by atoms with Gasteiger partial charge in [-0.3, -0.25) is 15.0 Å². The number of carbonyl (C=O) groups excluding carboxylic acids is 2. The van der Waals surface area contributed by atoms with Crippen molar-refractivity contribution in [2.45, 2.75) is 71.4 Å². The van der Waals surface area contributed by atoms with Gasteiger partial charge in [0.2, 0.25) is 0 Å². The molecule has 2 N–H and O–H groups in total. The molecule has 0 radical (unpaired) electrons.